The fraction of sp³-hybridized carbons (Fsp3) is 0. The van der Waals surface area contributed by atoms with Crippen LogP contribution in [0.1, 0.15) is 0 Å². The van der Waals surface area contributed by atoms with Gasteiger partial charge in [-0.1, -0.05) is 114 Å². The highest BCUT2D eigenvalue weighted by atomic mass is 32.1. The van der Waals surface area contributed by atoms with E-state index >= 15 is 0 Å². The normalized spacial score (nSPS) is 12.3. The van der Waals surface area contributed by atoms with Crippen molar-refractivity contribution in [2.45, 2.75) is 0 Å². The number of hydrogen-bond donors (Lipinski definition) is 0. The van der Waals surface area contributed by atoms with E-state index in [4.69, 9.17) is 14.4 Å². The molecule has 0 N–H and O–H groups in total. The highest BCUT2D eigenvalue weighted by Crippen LogP contribution is 2.44. The number of furan rings is 1. The second kappa shape index (κ2) is 9.25. The van der Waals surface area contributed by atoms with Crippen molar-refractivity contribution in [2.75, 3.05) is 0 Å². The summed E-state index contributed by atoms with van der Waals surface area (Å²) in [5, 5.41) is 8.17. The lowest BCUT2D eigenvalue weighted by atomic mass is 9.94. The standard InChI is InChI=1S/C42H23N3OS/c1-3-14-28-24(10-1)20-21-34-36(28)37-29-15-4-2-11-26(29)23-31(41(37)46-34)25-12-9-13-27(22-25)38-40-39(30-16-5-6-17-32(30)43-38)44-42-45(40)33-18-7-8-19-35(33)47-42/h1-23H. The SMILES string of the molecule is c1cc(-c2cc3ccccc3c3c2oc2ccc4ccccc4c23)cc(-c2nc3ccccc3c3nc4sc5ccccc5n4c23)c1. The molecule has 0 saturated carbocycles. The predicted octanol–water partition coefficient (Wildman–Crippen LogP) is 11.8. The molecule has 0 amide bonds. The van der Waals surface area contributed by atoms with Gasteiger partial charge in [-0.2, -0.15) is 0 Å². The van der Waals surface area contributed by atoms with Crippen molar-refractivity contribution in [3.63, 3.8) is 0 Å². The van der Waals surface area contributed by atoms with Crippen molar-refractivity contribution in [3.05, 3.63) is 140 Å². The fourth-order valence-electron chi connectivity index (χ4n) is 7.51. The van der Waals surface area contributed by atoms with Crippen LogP contribution < -0.4 is 0 Å². The van der Waals surface area contributed by atoms with Crippen LogP contribution in [0.3, 0.4) is 0 Å². The molecule has 5 heteroatoms. The van der Waals surface area contributed by atoms with E-state index in [9.17, 15) is 0 Å². The molecule has 0 atom stereocenters. The van der Waals surface area contributed by atoms with Crippen LogP contribution >= 0.6 is 11.3 Å². The molecule has 0 aliphatic carbocycles. The van der Waals surface area contributed by atoms with Gasteiger partial charge >= 0.3 is 0 Å². The fourth-order valence-corrected chi connectivity index (χ4v) is 8.53. The van der Waals surface area contributed by atoms with Crippen molar-refractivity contribution in [2.24, 2.45) is 0 Å². The number of benzene rings is 7. The second-order valence-corrected chi connectivity index (χ2v) is 13.2. The third-order valence-corrected chi connectivity index (χ3v) is 10.6. The summed E-state index contributed by atoms with van der Waals surface area (Å²) in [5.74, 6) is 0. The zero-order valence-corrected chi connectivity index (χ0v) is 25.8. The van der Waals surface area contributed by atoms with Gasteiger partial charge in [0.15, 0.2) is 4.96 Å². The Morgan fingerprint density at radius 1 is 0.574 bits per heavy atom. The number of imidazole rings is 1. The maximum Gasteiger partial charge on any atom is 0.195 e. The molecule has 0 spiro atoms. The van der Waals surface area contributed by atoms with Gasteiger partial charge in [0.1, 0.15) is 22.2 Å². The van der Waals surface area contributed by atoms with Crippen LogP contribution in [0.5, 0.6) is 0 Å². The molecule has 0 bridgehead atoms. The third kappa shape index (κ3) is 3.46. The van der Waals surface area contributed by atoms with Crippen molar-refractivity contribution in [1.82, 2.24) is 14.4 Å². The average Bonchev–Trinajstić information content (AvgIpc) is 3.82. The Kier molecular flexibility index (Phi) is 4.96. The summed E-state index contributed by atoms with van der Waals surface area (Å²) >= 11 is 1.72. The molecule has 4 aromatic heterocycles. The topological polar surface area (TPSA) is 43.3 Å². The first-order chi connectivity index (χ1) is 23.3. The minimum Gasteiger partial charge on any atom is -0.455 e. The van der Waals surface area contributed by atoms with Crippen molar-refractivity contribution >= 4 is 91.9 Å². The lowest BCUT2D eigenvalue weighted by Crippen LogP contribution is -1.92. The summed E-state index contributed by atoms with van der Waals surface area (Å²) in [6.07, 6.45) is 0. The first-order valence-electron chi connectivity index (χ1n) is 15.8. The maximum absolute atomic E-state index is 6.78. The van der Waals surface area contributed by atoms with Crippen LogP contribution in [0.25, 0.3) is 103 Å². The summed E-state index contributed by atoms with van der Waals surface area (Å²) in [6.45, 7) is 0. The summed E-state index contributed by atoms with van der Waals surface area (Å²) in [7, 11) is 0. The van der Waals surface area contributed by atoms with Gasteiger partial charge in [-0.05, 0) is 63.5 Å². The summed E-state index contributed by atoms with van der Waals surface area (Å²) in [4.78, 5) is 11.5. The molecule has 218 valence electrons. The van der Waals surface area contributed by atoms with E-state index in [1.165, 1.54) is 26.2 Å². The van der Waals surface area contributed by atoms with Gasteiger partial charge in [-0.15, -0.1) is 0 Å². The molecule has 47 heavy (non-hydrogen) atoms. The minimum absolute atomic E-state index is 0.899. The molecule has 0 unspecified atom stereocenters. The van der Waals surface area contributed by atoms with Gasteiger partial charge in [-0.25, -0.2) is 9.97 Å². The Balaban J connectivity index is 1.24. The van der Waals surface area contributed by atoms with E-state index in [1.807, 2.05) is 6.07 Å². The van der Waals surface area contributed by atoms with Gasteiger partial charge < -0.3 is 4.42 Å². The summed E-state index contributed by atoms with van der Waals surface area (Å²) < 4.78 is 10.3. The van der Waals surface area contributed by atoms with Crippen molar-refractivity contribution in [3.8, 4) is 22.4 Å². The van der Waals surface area contributed by atoms with Crippen LogP contribution in [-0.2, 0) is 0 Å². The molecule has 11 aromatic rings. The number of pyridine rings is 1. The summed E-state index contributed by atoms with van der Waals surface area (Å²) in [6, 6.07) is 49.3. The van der Waals surface area contributed by atoms with E-state index < -0.39 is 0 Å². The van der Waals surface area contributed by atoms with Gasteiger partial charge in [0.25, 0.3) is 0 Å². The monoisotopic (exact) mass is 617 g/mol. The minimum atomic E-state index is 0.899. The number of fused-ring (bicyclic) bond motifs is 14. The van der Waals surface area contributed by atoms with Gasteiger partial charge in [-0.3, -0.25) is 4.40 Å². The Bertz CT molecular complexity index is 3080. The predicted molar refractivity (Wildman–Crippen MR) is 197 cm³/mol. The third-order valence-electron chi connectivity index (χ3n) is 9.57. The molecule has 4 heterocycles. The number of aromatic nitrogens is 3. The van der Waals surface area contributed by atoms with E-state index in [0.717, 1.165) is 76.7 Å². The molecular formula is C42H23N3OS. The molecule has 4 nitrogen and oxygen atoms in total. The van der Waals surface area contributed by atoms with Crippen LogP contribution in [0.2, 0.25) is 0 Å². The van der Waals surface area contributed by atoms with E-state index in [2.05, 4.69) is 138 Å². The Hall–Kier alpha value is -6.04. The average molecular weight is 618 g/mol. The maximum atomic E-state index is 6.78. The van der Waals surface area contributed by atoms with Gasteiger partial charge in [0.05, 0.1) is 21.4 Å². The highest BCUT2D eigenvalue weighted by molar-refractivity contribution is 7.23. The quantitative estimate of drug-likeness (QED) is 0.194. The van der Waals surface area contributed by atoms with Crippen LogP contribution in [-0.4, -0.2) is 14.4 Å². The molecule has 0 aliphatic rings. The summed E-state index contributed by atoms with van der Waals surface area (Å²) in [5.41, 5.74) is 10.0. The van der Waals surface area contributed by atoms with Crippen LogP contribution in [0.15, 0.2) is 144 Å². The molecule has 11 rings (SSSR count). The molecule has 0 radical (unpaired) electrons. The van der Waals surface area contributed by atoms with Crippen molar-refractivity contribution < 1.29 is 4.42 Å². The van der Waals surface area contributed by atoms with Crippen LogP contribution in [0, 0.1) is 0 Å². The second-order valence-electron chi connectivity index (χ2n) is 12.2. The largest absolute Gasteiger partial charge is 0.455 e. The first kappa shape index (κ1) is 25.2. The zero-order chi connectivity index (χ0) is 30.6. The van der Waals surface area contributed by atoms with Crippen molar-refractivity contribution in [1.29, 1.82) is 0 Å². The smallest absolute Gasteiger partial charge is 0.195 e. The molecule has 0 saturated heterocycles. The molecule has 0 aliphatic heterocycles. The van der Waals surface area contributed by atoms with Crippen LogP contribution in [0.4, 0.5) is 0 Å². The van der Waals surface area contributed by atoms with Gasteiger partial charge in [0.2, 0.25) is 0 Å². The Morgan fingerprint density at radius 3 is 2.23 bits per heavy atom. The Labute approximate surface area is 271 Å². The zero-order valence-electron chi connectivity index (χ0n) is 24.9. The molecular weight excluding hydrogens is 595 g/mol. The number of rotatable bonds is 2. The lowest BCUT2D eigenvalue weighted by molar-refractivity contribution is 0.670. The van der Waals surface area contributed by atoms with E-state index in [0.29, 0.717) is 0 Å². The molecule has 0 fully saturated rings. The first-order valence-corrected chi connectivity index (χ1v) is 16.6. The van der Waals surface area contributed by atoms with Gasteiger partial charge in [0, 0.05) is 27.3 Å². The number of hydrogen-bond acceptors (Lipinski definition) is 4. The number of nitrogens with zero attached hydrogens (tertiary/aromatic N) is 3. The lowest BCUT2D eigenvalue weighted by Gasteiger charge is -2.11. The Morgan fingerprint density at radius 2 is 1.32 bits per heavy atom. The van der Waals surface area contributed by atoms with E-state index in [-0.39, 0.29) is 0 Å². The number of thiazole rings is 1. The number of para-hydroxylation sites is 2. The van der Waals surface area contributed by atoms with E-state index in [1.54, 1.807) is 11.3 Å². The molecule has 7 aromatic carbocycles. The highest BCUT2D eigenvalue weighted by Gasteiger charge is 2.22.